The van der Waals surface area contributed by atoms with Crippen LogP contribution in [0.4, 0.5) is 0 Å². The van der Waals surface area contributed by atoms with E-state index >= 15 is 0 Å². The Kier molecular flexibility index (Phi) is 5.01. The number of fused-ring (bicyclic) bond motifs is 3. The molecule has 6 nitrogen and oxygen atoms in total. The Labute approximate surface area is 180 Å². The Balaban J connectivity index is 1.30. The predicted octanol–water partition coefficient (Wildman–Crippen LogP) is 3.05. The van der Waals surface area contributed by atoms with Gasteiger partial charge in [-0.1, -0.05) is 12.8 Å². The van der Waals surface area contributed by atoms with Crippen LogP contribution in [0.5, 0.6) is 0 Å². The average Bonchev–Trinajstić information content (AvgIpc) is 3.46. The SMILES string of the molecule is CN(CC1CC(=O)N(C2CCCC2)C1)C(=O)c1ccc2sc3c(c2c1)CCNC3=O. The van der Waals surface area contributed by atoms with Gasteiger partial charge in [0.1, 0.15) is 0 Å². The van der Waals surface area contributed by atoms with Crippen molar-refractivity contribution in [2.45, 2.75) is 44.6 Å². The topological polar surface area (TPSA) is 69.7 Å². The Hall–Kier alpha value is -2.41. The molecule has 2 aromatic rings. The molecule has 3 amide bonds. The fourth-order valence-corrected chi connectivity index (χ4v) is 6.43. The second-order valence-electron chi connectivity index (χ2n) is 8.87. The molecule has 3 heterocycles. The molecule has 30 heavy (non-hydrogen) atoms. The lowest BCUT2D eigenvalue weighted by Crippen LogP contribution is -2.36. The maximum atomic E-state index is 13.1. The van der Waals surface area contributed by atoms with Crippen LogP contribution >= 0.6 is 11.3 Å². The summed E-state index contributed by atoms with van der Waals surface area (Å²) in [5.41, 5.74) is 1.71. The molecular formula is C23H27N3O3S. The van der Waals surface area contributed by atoms with Gasteiger partial charge in [-0.25, -0.2) is 0 Å². The van der Waals surface area contributed by atoms with E-state index in [0.717, 1.165) is 46.3 Å². The standard InChI is InChI=1S/C23H27N3O3S/c1-25(12-14-10-20(27)26(13-14)16-4-2-3-5-16)23(29)15-6-7-19-18(11-15)17-8-9-24-22(28)21(17)30-19/h6-7,11,14,16H,2-5,8-10,12-13H2,1H3,(H,24,28). The van der Waals surface area contributed by atoms with E-state index in [4.69, 9.17) is 0 Å². The molecule has 0 bridgehead atoms. The third-order valence-corrected chi connectivity index (χ3v) is 8.00. The third kappa shape index (κ3) is 3.39. The number of nitrogens with one attached hydrogen (secondary N) is 1. The molecule has 2 aliphatic heterocycles. The molecule has 1 saturated heterocycles. The average molecular weight is 426 g/mol. The summed E-state index contributed by atoms with van der Waals surface area (Å²) < 4.78 is 1.05. The number of hydrogen-bond acceptors (Lipinski definition) is 4. The number of hydrogen-bond donors (Lipinski definition) is 1. The number of rotatable bonds is 4. The number of carbonyl (C=O) groups excluding carboxylic acids is 3. The van der Waals surface area contributed by atoms with Gasteiger partial charge in [0.2, 0.25) is 5.91 Å². The normalized spacial score (nSPS) is 21.9. The molecule has 1 unspecified atom stereocenters. The highest BCUT2D eigenvalue weighted by Crippen LogP contribution is 2.34. The first-order valence-electron chi connectivity index (χ1n) is 10.9. The van der Waals surface area contributed by atoms with Crippen molar-refractivity contribution >= 4 is 39.1 Å². The summed E-state index contributed by atoms with van der Waals surface area (Å²) in [6.45, 7) is 2.01. The number of nitrogens with zero attached hydrogens (tertiary/aromatic N) is 2. The van der Waals surface area contributed by atoms with Gasteiger partial charge in [-0.3, -0.25) is 14.4 Å². The second-order valence-corrected chi connectivity index (χ2v) is 9.92. The Morgan fingerprint density at radius 1 is 1.27 bits per heavy atom. The van der Waals surface area contributed by atoms with Gasteiger partial charge >= 0.3 is 0 Å². The van der Waals surface area contributed by atoms with Gasteiger partial charge in [0.05, 0.1) is 4.88 Å². The maximum absolute atomic E-state index is 13.1. The minimum absolute atomic E-state index is 0.0137. The molecule has 1 N–H and O–H groups in total. The molecule has 158 valence electrons. The van der Waals surface area contributed by atoms with Crippen molar-refractivity contribution in [2.75, 3.05) is 26.7 Å². The van der Waals surface area contributed by atoms with E-state index in [1.54, 1.807) is 4.90 Å². The van der Waals surface area contributed by atoms with Crippen molar-refractivity contribution in [1.82, 2.24) is 15.1 Å². The fraction of sp³-hybridized carbons (Fsp3) is 0.522. The molecule has 1 aromatic carbocycles. The molecule has 1 aliphatic carbocycles. The first-order chi connectivity index (χ1) is 14.5. The summed E-state index contributed by atoms with van der Waals surface area (Å²) in [6, 6.07) is 6.15. The highest BCUT2D eigenvalue weighted by Gasteiger charge is 2.36. The van der Waals surface area contributed by atoms with E-state index in [1.807, 2.05) is 25.2 Å². The van der Waals surface area contributed by atoms with E-state index in [2.05, 4.69) is 10.2 Å². The molecule has 2 fully saturated rings. The summed E-state index contributed by atoms with van der Waals surface area (Å²) in [6.07, 6.45) is 6.02. The first kappa shape index (κ1) is 19.5. The zero-order valence-electron chi connectivity index (χ0n) is 17.3. The van der Waals surface area contributed by atoms with Crippen LogP contribution in [-0.2, 0) is 11.2 Å². The summed E-state index contributed by atoms with van der Waals surface area (Å²) in [7, 11) is 1.83. The number of thiophene rings is 1. The molecule has 7 heteroatoms. The van der Waals surface area contributed by atoms with Gasteiger partial charge in [-0.15, -0.1) is 11.3 Å². The summed E-state index contributed by atoms with van der Waals surface area (Å²) in [5, 5.41) is 3.91. The van der Waals surface area contributed by atoms with E-state index in [9.17, 15) is 14.4 Å². The molecular weight excluding hydrogens is 398 g/mol. The van der Waals surface area contributed by atoms with Gasteiger partial charge in [-0.2, -0.15) is 0 Å². The van der Waals surface area contributed by atoms with Gasteiger partial charge < -0.3 is 15.1 Å². The van der Waals surface area contributed by atoms with Crippen LogP contribution in [0.1, 0.15) is 57.7 Å². The summed E-state index contributed by atoms with van der Waals surface area (Å²) in [5.74, 6) is 0.412. The highest BCUT2D eigenvalue weighted by molar-refractivity contribution is 7.21. The number of benzene rings is 1. The Morgan fingerprint density at radius 3 is 2.87 bits per heavy atom. The van der Waals surface area contributed by atoms with Crippen molar-refractivity contribution in [1.29, 1.82) is 0 Å². The Bertz CT molecular complexity index is 1020. The van der Waals surface area contributed by atoms with Crippen molar-refractivity contribution in [3.63, 3.8) is 0 Å². The number of carbonyl (C=O) groups is 3. The van der Waals surface area contributed by atoms with Crippen LogP contribution in [-0.4, -0.2) is 60.2 Å². The van der Waals surface area contributed by atoms with Crippen molar-refractivity contribution in [3.05, 3.63) is 34.2 Å². The quantitative estimate of drug-likeness (QED) is 0.819. The van der Waals surface area contributed by atoms with Crippen molar-refractivity contribution in [2.24, 2.45) is 5.92 Å². The van der Waals surface area contributed by atoms with Crippen molar-refractivity contribution < 1.29 is 14.4 Å². The largest absolute Gasteiger partial charge is 0.351 e. The highest BCUT2D eigenvalue weighted by atomic mass is 32.1. The van der Waals surface area contributed by atoms with Gasteiger partial charge in [-0.05, 0) is 48.4 Å². The fourth-order valence-electron chi connectivity index (χ4n) is 5.28. The van der Waals surface area contributed by atoms with Crippen LogP contribution in [0, 0.1) is 5.92 Å². The van der Waals surface area contributed by atoms with E-state index < -0.39 is 0 Å². The monoisotopic (exact) mass is 425 g/mol. The smallest absolute Gasteiger partial charge is 0.261 e. The first-order valence-corrected chi connectivity index (χ1v) is 11.7. The van der Waals surface area contributed by atoms with E-state index in [1.165, 1.54) is 24.2 Å². The predicted molar refractivity (Wildman–Crippen MR) is 117 cm³/mol. The zero-order valence-corrected chi connectivity index (χ0v) is 18.1. The zero-order chi connectivity index (χ0) is 20.8. The van der Waals surface area contributed by atoms with Gasteiger partial charge in [0, 0.05) is 55.3 Å². The Morgan fingerprint density at radius 2 is 2.07 bits per heavy atom. The summed E-state index contributed by atoms with van der Waals surface area (Å²) >= 11 is 1.50. The van der Waals surface area contributed by atoms with Gasteiger partial charge in [0.25, 0.3) is 11.8 Å². The van der Waals surface area contributed by atoms with Crippen LogP contribution < -0.4 is 5.32 Å². The lowest BCUT2D eigenvalue weighted by atomic mass is 10.0. The molecule has 0 spiro atoms. The van der Waals surface area contributed by atoms with Crippen LogP contribution in [0.3, 0.4) is 0 Å². The molecule has 1 saturated carbocycles. The lowest BCUT2D eigenvalue weighted by molar-refractivity contribution is -0.129. The van der Waals surface area contributed by atoms with Crippen LogP contribution in [0.15, 0.2) is 18.2 Å². The maximum Gasteiger partial charge on any atom is 0.261 e. The minimum Gasteiger partial charge on any atom is -0.351 e. The molecule has 5 rings (SSSR count). The summed E-state index contributed by atoms with van der Waals surface area (Å²) in [4.78, 5) is 42.3. The number of amides is 3. The number of likely N-dealkylation sites (tertiary alicyclic amines) is 1. The van der Waals surface area contributed by atoms with Crippen molar-refractivity contribution in [3.8, 4) is 0 Å². The molecule has 1 aromatic heterocycles. The van der Waals surface area contributed by atoms with E-state index in [0.29, 0.717) is 31.1 Å². The second kappa shape index (κ2) is 7.69. The molecule has 1 atom stereocenters. The minimum atomic E-state index is -0.0242. The van der Waals surface area contributed by atoms with Gasteiger partial charge in [0.15, 0.2) is 0 Å². The molecule has 3 aliphatic rings. The van der Waals surface area contributed by atoms with Crippen LogP contribution in [0.2, 0.25) is 0 Å². The van der Waals surface area contributed by atoms with E-state index in [-0.39, 0.29) is 23.6 Å². The lowest BCUT2D eigenvalue weighted by Gasteiger charge is -2.25. The van der Waals surface area contributed by atoms with Crippen LogP contribution in [0.25, 0.3) is 10.1 Å². The third-order valence-electron chi connectivity index (χ3n) is 6.79. The molecule has 0 radical (unpaired) electrons.